The molecule has 4 rings (SSSR count). The van der Waals surface area contributed by atoms with Crippen molar-refractivity contribution in [3.8, 4) is 11.5 Å². The molecular formula is C24H19ClN2O5. The molecule has 0 atom stereocenters. The van der Waals surface area contributed by atoms with Gasteiger partial charge in [-0.1, -0.05) is 29.8 Å². The number of methoxy groups -OCH3 is 1. The Labute approximate surface area is 188 Å². The molecule has 162 valence electrons. The highest BCUT2D eigenvalue weighted by Crippen LogP contribution is 2.32. The molecule has 0 spiro atoms. The van der Waals surface area contributed by atoms with E-state index in [4.69, 9.17) is 25.5 Å². The predicted molar refractivity (Wildman–Crippen MR) is 123 cm³/mol. The van der Waals surface area contributed by atoms with E-state index in [-0.39, 0.29) is 18.1 Å². The van der Waals surface area contributed by atoms with Gasteiger partial charge in [0.2, 0.25) is 5.76 Å². The number of amides is 2. The third-order valence-electron chi connectivity index (χ3n) is 4.58. The summed E-state index contributed by atoms with van der Waals surface area (Å²) in [7, 11) is 1.54. The summed E-state index contributed by atoms with van der Waals surface area (Å²) < 4.78 is 16.4. The van der Waals surface area contributed by atoms with Crippen molar-refractivity contribution >= 4 is 45.8 Å². The Morgan fingerprint density at radius 2 is 1.72 bits per heavy atom. The third kappa shape index (κ3) is 4.84. The van der Waals surface area contributed by atoms with Crippen LogP contribution in [0.1, 0.15) is 10.6 Å². The largest absolute Gasteiger partial charge is 0.497 e. The second-order valence-corrected chi connectivity index (χ2v) is 7.22. The van der Waals surface area contributed by atoms with Gasteiger partial charge in [0.05, 0.1) is 7.11 Å². The quantitative estimate of drug-likeness (QED) is 0.395. The Hall–Kier alpha value is -3.97. The number of para-hydroxylation sites is 1. The minimum atomic E-state index is -0.511. The molecule has 2 amide bonds. The molecule has 32 heavy (non-hydrogen) atoms. The van der Waals surface area contributed by atoms with Gasteiger partial charge in [-0.2, -0.15) is 0 Å². The van der Waals surface area contributed by atoms with Crippen molar-refractivity contribution < 1.29 is 23.5 Å². The number of ether oxygens (including phenoxy) is 2. The van der Waals surface area contributed by atoms with Gasteiger partial charge in [0.25, 0.3) is 11.8 Å². The van der Waals surface area contributed by atoms with Crippen molar-refractivity contribution in [1.29, 1.82) is 0 Å². The van der Waals surface area contributed by atoms with Crippen molar-refractivity contribution in [2.75, 3.05) is 24.4 Å². The zero-order chi connectivity index (χ0) is 22.5. The number of furan rings is 1. The van der Waals surface area contributed by atoms with E-state index < -0.39 is 11.8 Å². The maximum atomic E-state index is 13.0. The number of carbonyl (C=O) groups is 2. The first-order chi connectivity index (χ1) is 15.5. The molecule has 0 saturated carbocycles. The molecular weight excluding hydrogens is 432 g/mol. The summed E-state index contributed by atoms with van der Waals surface area (Å²) in [6, 6.07) is 20.6. The van der Waals surface area contributed by atoms with Crippen LogP contribution in [-0.2, 0) is 4.79 Å². The normalized spacial score (nSPS) is 10.6. The van der Waals surface area contributed by atoms with Gasteiger partial charge in [-0.15, -0.1) is 0 Å². The lowest BCUT2D eigenvalue weighted by molar-refractivity contribution is -0.118. The van der Waals surface area contributed by atoms with Gasteiger partial charge in [0.15, 0.2) is 6.61 Å². The monoisotopic (exact) mass is 450 g/mol. The fourth-order valence-electron chi connectivity index (χ4n) is 3.07. The van der Waals surface area contributed by atoms with Crippen LogP contribution in [0.25, 0.3) is 11.0 Å². The summed E-state index contributed by atoms with van der Waals surface area (Å²) in [4.78, 5) is 25.5. The maximum Gasteiger partial charge on any atom is 0.293 e. The Morgan fingerprint density at radius 1 is 0.938 bits per heavy atom. The number of carbonyl (C=O) groups excluding carboxylic acids is 2. The van der Waals surface area contributed by atoms with E-state index in [1.807, 2.05) is 0 Å². The van der Waals surface area contributed by atoms with Gasteiger partial charge < -0.3 is 24.5 Å². The maximum absolute atomic E-state index is 13.0. The summed E-state index contributed by atoms with van der Waals surface area (Å²) in [5.74, 6) is 0.122. The Balaban J connectivity index is 1.54. The molecule has 2 N–H and O–H groups in total. The van der Waals surface area contributed by atoms with Crippen LogP contribution in [0.3, 0.4) is 0 Å². The molecule has 0 saturated heterocycles. The number of fused-ring (bicyclic) bond motifs is 1. The first-order valence-corrected chi connectivity index (χ1v) is 10.1. The Morgan fingerprint density at radius 3 is 2.50 bits per heavy atom. The second kappa shape index (κ2) is 9.45. The van der Waals surface area contributed by atoms with E-state index in [0.29, 0.717) is 33.2 Å². The fraction of sp³-hybridized carbons (Fsp3) is 0.0833. The summed E-state index contributed by atoms with van der Waals surface area (Å²) in [5.41, 5.74) is 1.26. The molecule has 7 nitrogen and oxygen atoms in total. The molecule has 0 bridgehead atoms. The van der Waals surface area contributed by atoms with E-state index in [1.165, 1.54) is 0 Å². The molecule has 0 unspecified atom stereocenters. The van der Waals surface area contributed by atoms with Crippen LogP contribution in [0.4, 0.5) is 11.4 Å². The molecule has 1 aromatic heterocycles. The average molecular weight is 451 g/mol. The number of halogens is 1. The van der Waals surface area contributed by atoms with E-state index in [1.54, 1.807) is 79.9 Å². The standard InChI is InChI=1S/C24H19ClN2O5/c1-30-18-6-4-5-16(13-18)26-24(29)23-22(19-7-2-3-8-20(19)32-23)27-21(28)14-31-17-11-9-15(25)10-12-17/h2-13H,14H2,1H3,(H,26,29)(H,27,28). The van der Waals surface area contributed by atoms with E-state index in [2.05, 4.69) is 10.6 Å². The van der Waals surface area contributed by atoms with Crippen LogP contribution < -0.4 is 20.1 Å². The van der Waals surface area contributed by atoms with E-state index >= 15 is 0 Å². The minimum absolute atomic E-state index is 0.0196. The fourth-order valence-corrected chi connectivity index (χ4v) is 3.20. The van der Waals surface area contributed by atoms with Crippen LogP contribution in [0, 0.1) is 0 Å². The van der Waals surface area contributed by atoms with Gasteiger partial charge in [0, 0.05) is 22.2 Å². The molecule has 8 heteroatoms. The number of hydrogen-bond acceptors (Lipinski definition) is 5. The Bertz CT molecular complexity index is 1270. The molecule has 0 aliphatic carbocycles. The summed E-state index contributed by atoms with van der Waals surface area (Å²) in [5, 5.41) is 6.67. The van der Waals surface area contributed by atoms with Crippen LogP contribution in [-0.4, -0.2) is 25.5 Å². The van der Waals surface area contributed by atoms with Gasteiger partial charge in [-0.3, -0.25) is 9.59 Å². The van der Waals surface area contributed by atoms with Crippen LogP contribution >= 0.6 is 11.6 Å². The lowest BCUT2D eigenvalue weighted by Gasteiger charge is -2.09. The summed E-state index contributed by atoms with van der Waals surface area (Å²) in [6.07, 6.45) is 0. The first kappa shape index (κ1) is 21.3. The van der Waals surface area contributed by atoms with Crippen LogP contribution in [0.5, 0.6) is 11.5 Å². The number of anilines is 2. The Kier molecular flexibility index (Phi) is 6.28. The smallest absolute Gasteiger partial charge is 0.293 e. The molecule has 3 aromatic carbocycles. The minimum Gasteiger partial charge on any atom is -0.497 e. The van der Waals surface area contributed by atoms with Gasteiger partial charge in [0.1, 0.15) is 22.8 Å². The first-order valence-electron chi connectivity index (χ1n) is 9.68. The SMILES string of the molecule is COc1cccc(NC(=O)c2oc3ccccc3c2NC(=O)COc2ccc(Cl)cc2)c1. The molecule has 4 aromatic rings. The molecule has 0 aliphatic heterocycles. The predicted octanol–water partition coefficient (Wildman–Crippen LogP) is 5.36. The third-order valence-corrected chi connectivity index (χ3v) is 4.83. The lowest BCUT2D eigenvalue weighted by Crippen LogP contribution is -2.22. The average Bonchev–Trinajstić information content (AvgIpc) is 3.17. The summed E-state index contributed by atoms with van der Waals surface area (Å²) in [6.45, 7) is -0.252. The van der Waals surface area contributed by atoms with Gasteiger partial charge in [-0.05, 0) is 48.5 Å². The topological polar surface area (TPSA) is 89.8 Å². The van der Waals surface area contributed by atoms with Gasteiger partial charge >= 0.3 is 0 Å². The van der Waals surface area contributed by atoms with E-state index in [9.17, 15) is 9.59 Å². The molecule has 0 radical (unpaired) electrons. The van der Waals surface area contributed by atoms with Crippen molar-refractivity contribution in [3.63, 3.8) is 0 Å². The lowest BCUT2D eigenvalue weighted by atomic mass is 10.2. The molecule has 1 heterocycles. The zero-order valence-electron chi connectivity index (χ0n) is 17.1. The van der Waals surface area contributed by atoms with Crippen molar-refractivity contribution in [2.45, 2.75) is 0 Å². The molecule has 0 fully saturated rings. The highest BCUT2D eigenvalue weighted by molar-refractivity contribution is 6.30. The number of rotatable bonds is 7. The van der Waals surface area contributed by atoms with E-state index in [0.717, 1.165) is 0 Å². The second-order valence-electron chi connectivity index (χ2n) is 6.78. The van der Waals surface area contributed by atoms with Crippen molar-refractivity contribution in [3.05, 3.63) is 83.6 Å². The molecule has 0 aliphatic rings. The number of benzene rings is 3. The highest BCUT2D eigenvalue weighted by atomic mass is 35.5. The zero-order valence-corrected chi connectivity index (χ0v) is 17.8. The highest BCUT2D eigenvalue weighted by Gasteiger charge is 2.22. The van der Waals surface area contributed by atoms with Crippen molar-refractivity contribution in [1.82, 2.24) is 0 Å². The number of nitrogens with one attached hydrogen (secondary N) is 2. The van der Waals surface area contributed by atoms with Crippen LogP contribution in [0.2, 0.25) is 5.02 Å². The summed E-state index contributed by atoms with van der Waals surface area (Å²) >= 11 is 5.86. The van der Waals surface area contributed by atoms with Crippen molar-refractivity contribution in [2.24, 2.45) is 0 Å². The van der Waals surface area contributed by atoms with Crippen LogP contribution in [0.15, 0.2) is 77.2 Å². The van der Waals surface area contributed by atoms with Gasteiger partial charge in [-0.25, -0.2) is 0 Å². The number of hydrogen-bond donors (Lipinski definition) is 2.